The normalized spacial score (nSPS) is 21.1. The van der Waals surface area contributed by atoms with Crippen molar-refractivity contribution in [2.45, 2.75) is 12.0 Å². The van der Waals surface area contributed by atoms with Gasteiger partial charge in [-0.25, -0.2) is 4.79 Å². The first kappa shape index (κ1) is 12.2. The Balaban J connectivity index is 2.29. The van der Waals surface area contributed by atoms with E-state index in [1.54, 1.807) is 6.07 Å². The van der Waals surface area contributed by atoms with Gasteiger partial charge in [0.25, 0.3) is 0 Å². The zero-order chi connectivity index (χ0) is 14.8. The molecule has 0 amide bonds. The van der Waals surface area contributed by atoms with Crippen LogP contribution in [0.1, 0.15) is 5.56 Å². The SMILES string of the molecule is O=C(O)C1(O)Cc2ccc3cccc4ccc(c2c34)=C1O. The Kier molecular flexibility index (Phi) is 2.17. The Labute approximate surface area is 119 Å². The Morgan fingerprint density at radius 3 is 2.33 bits per heavy atom. The standard InChI is InChI=1S/C17H12O4/c18-15-12-7-6-10-3-1-2-9-4-5-11(14(12)13(9)10)8-17(15,21)16(19)20/h1-7,18,21H,8H2,(H,19,20). The summed E-state index contributed by atoms with van der Waals surface area (Å²) in [6.07, 6.45) is -0.134. The van der Waals surface area contributed by atoms with Crippen LogP contribution in [0, 0.1) is 0 Å². The molecule has 0 radical (unpaired) electrons. The van der Waals surface area contributed by atoms with Crippen LogP contribution in [0.4, 0.5) is 0 Å². The zero-order valence-electron chi connectivity index (χ0n) is 11.0. The lowest BCUT2D eigenvalue weighted by molar-refractivity contribution is -0.153. The third-order valence-corrected chi connectivity index (χ3v) is 4.31. The smallest absolute Gasteiger partial charge is 0.344 e. The lowest BCUT2D eigenvalue weighted by atomic mass is 9.81. The van der Waals surface area contributed by atoms with Crippen molar-refractivity contribution >= 4 is 33.3 Å². The predicted molar refractivity (Wildman–Crippen MR) is 79.0 cm³/mol. The number of aliphatic carboxylic acids is 1. The Hall–Kier alpha value is -2.59. The van der Waals surface area contributed by atoms with Crippen LogP contribution >= 0.6 is 0 Å². The molecule has 0 spiro atoms. The molecule has 1 aliphatic carbocycles. The number of carbonyl (C=O) groups is 1. The summed E-state index contributed by atoms with van der Waals surface area (Å²) in [5.41, 5.74) is -1.52. The molecule has 4 heteroatoms. The van der Waals surface area contributed by atoms with Crippen LogP contribution in [0.3, 0.4) is 0 Å². The van der Waals surface area contributed by atoms with Crippen molar-refractivity contribution in [1.29, 1.82) is 0 Å². The fourth-order valence-electron chi connectivity index (χ4n) is 3.26. The molecule has 1 atom stereocenters. The molecule has 4 rings (SSSR count). The van der Waals surface area contributed by atoms with Crippen LogP contribution in [-0.4, -0.2) is 26.9 Å². The number of carboxylic acid groups (broad SMARTS) is 1. The van der Waals surface area contributed by atoms with Gasteiger partial charge < -0.3 is 15.3 Å². The third kappa shape index (κ3) is 1.40. The number of hydrogen-bond acceptors (Lipinski definition) is 3. The van der Waals surface area contributed by atoms with E-state index >= 15 is 0 Å². The predicted octanol–water partition coefficient (Wildman–Crippen LogP) is 1.75. The third-order valence-electron chi connectivity index (χ3n) is 4.31. The van der Waals surface area contributed by atoms with Crippen LogP contribution in [0.25, 0.3) is 27.3 Å². The molecule has 104 valence electrons. The van der Waals surface area contributed by atoms with Gasteiger partial charge in [-0.2, -0.15) is 0 Å². The van der Waals surface area contributed by atoms with E-state index in [1.807, 2.05) is 36.4 Å². The van der Waals surface area contributed by atoms with Gasteiger partial charge in [0.15, 0.2) is 0 Å². The lowest BCUT2D eigenvalue weighted by Gasteiger charge is -2.28. The average Bonchev–Trinajstić information content (AvgIpc) is 2.48. The van der Waals surface area contributed by atoms with Gasteiger partial charge in [0.1, 0.15) is 5.76 Å². The average molecular weight is 280 g/mol. The monoisotopic (exact) mass is 280 g/mol. The summed E-state index contributed by atoms with van der Waals surface area (Å²) in [6.45, 7) is 0. The molecule has 3 aromatic carbocycles. The van der Waals surface area contributed by atoms with E-state index < -0.39 is 17.3 Å². The molecule has 21 heavy (non-hydrogen) atoms. The first-order chi connectivity index (χ1) is 10.0. The van der Waals surface area contributed by atoms with Crippen molar-refractivity contribution in [3.63, 3.8) is 0 Å². The second-order valence-electron chi connectivity index (χ2n) is 5.48. The number of rotatable bonds is 1. The number of aliphatic hydroxyl groups is 2. The van der Waals surface area contributed by atoms with Crippen LogP contribution < -0.4 is 5.22 Å². The quantitative estimate of drug-likeness (QED) is 0.634. The molecule has 0 fully saturated rings. The van der Waals surface area contributed by atoms with Crippen LogP contribution in [0.15, 0.2) is 42.5 Å². The molecule has 0 saturated heterocycles. The largest absolute Gasteiger partial charge is 0.508 e. The van der Waals surface area contributed by atoms with Gasteiger partial charge in [0, 0.05) is 11.6 Å². The maximum atomic E-state index is 11.4. The summed E-state index contributed by atoms with van der Waals surface area (Å²) >= 11 is 0. The van der Waals surface area contributed by atoms with Crippen molar-refractivity contribution in [3.05, 3.63) is 53.2 Å². The van der Waals surface area contributed by atoms with E-state index in [1.165, 1.54) is 0 Å². The highest BCUT2D eigenvalue weighted by atomic mass is 16.4. The van der Waals surface area contributed by atoms with Gasteiger partial charge in [-0.3, -0.25) is 0 Å². The molecule has 0 aliphatic heterocycles. The number of carboxylic acids is 1. The first-order valence-corrected chi connectivity index (χ1v) is 6.65. The summed E-state index contributed by atoms with van der Waals surface area (Å²) < 4.78 is 0. The van der Waals surface area contributed by atoms with Gasteiger partial charge in [-0.15, -0.1) is 0 Å². The van der Waals surface area contributed by atoms with Crippen LogP contribution in [0.2, 0.25) is 0 Å². The zero-order valence-corrected chi connectivity index (χ0v) is 11.0. The molecular formula is C17H12O4. The van der Waals surface area contributed by atoms with Crippen molar-refractivity contribution in [2.24, 2.45) is 0 Å². The molecular weight excluding hydrogens is 268 g/mol. The van der Waals surface area contributed by atoms with E-state index in [9.17, 15) is 20.1 Å². The highest BCUT2D eigenvalue weighted by molar-refractivity contribution is 6.13. The van der Waals surface area contributed by atoms with Crippen molar-refractivity contribution < 1.29 is 20.1 Å². The van der Waals surface area contributed by atoms with Crippen LogP contribution in [0.5, 0.6) is 0 Å². The summed E-state index contributed by atoms with van der Waals surface area (Å²) in [5, 5.41) is 34.1. The summed E-state index contributed by atoms with van der Waals surface area (Å²) in [5.74, 6) is -1.92. The van der Waals surface area contributed by atoms with Gasteiger partial charge in [-0.1, -0.05) is 42.5 Å². The highest BCUT2D eigenvalue weighted by Gasteiger charge is 2.44. The summed E-state index contributed by atoms with van der Waals surface area (Å²) in [6, 6.07) is 13.1. The molecule has 1 unspecified atom stereocenters. The van der Waals surface area contributed by atoms with E-state index in [4.69, 9.17) is 0 Å². The minimum atomic E-state index is -2.26. The molecule has 3 aromatic rings. The minimum Gasteiger partial charge on any atom is -0.508 e. The van der Waals surface area contributed by atoms with E-state index in [2.05, 4.69) is 0 Å². The fraction of sp³-hybridized carbons (Fsp3) is 0.118. The van der Waals surface area contributed by atoms with E-state index in [0.29, 0.717) is 5.22 Å². The molecule has 0 bridgehead atoms. The van der Waals surface area contributed by atoms with Crippen LogP contribution in [-0.2, 0) is 11.2 Å². The van der Waals surface area contributed by atoms with Crippen molar-refractivity contribution in [1.82, 2.24) is 0 Å². The Bertz CT molecular complexity index is 958. The maximum Gasteiger partial charge on any atom is 0.344 e. The van der Waals surface area contributed by atoms with Crippen molar-refractivity contribution in [3.8, 4) is 0 Å². The molecule has 4 nitrogen and oxygen atoms in total. The Morgan fingerprint density at radius 2 is 1.67 bits per heavy atom. The molecule has 1 aliphatic rings. The van der Waals surface area contributed by atoms with Gasteiger partial charge in [0.2, 0.25) is 5.60 Å². The number of hydrogen-bond donors (Lipinski definition) is 3. The van der Waals surface area contributed by atoms with Crippen molar-refractivity contribution in [2.75, 3.05) is 0 Å². The van der Waals surface area contributed by atoms with E-state index in [0.717, 1.165) is 27.1 Å². The second-order valence-corrected chi connectivity index (χ2v) is 5.48. The van der Waals surface area contributed by atoms with Gasteiger partial charge >= 0.3 is 5.97 Å². The number of benzene rings is 3. The lowest BCUT2D eigenvalue weighted by Crippen LogP contribution is -2.46. The molecule has 3 N–H and O–H groups in total. The highest BCUT2D eigenvalue weighted by Crippen LogP contribution is 2.34. The number of aliphatic hydroxyl groups excluding tert-OH is 1. The molecule has 0 saturated carbocycles. The van der Waals surface area contributed by atoms with Gasteiger partial charge in [0.05, 0.1) is 0 Å². The second kappa shape index (κ2) is 3.74. The first-order valence-electron chi connectivity index (χ1n) is 6.65. The van der Waals surface area contributed by atoms with Gasteiger partial charge in [-0.05, 0) is 27.1 Å². The summed E-state index contributed by atoms with van der Waals surface area (Å²) in [7, 11) is 0. The molecule has 0 aromatic heterocycles. The maximum absolute atomic E-state index is 11.4. The van der Waals surface area contributed by atoms with E-state index in [-0.39, 0.29) is 6.42 Å². The fourth-order valence-corrected chi connectivity index (χ4v) is 3.26. The molecule has 0 heterocycles. The summed E-state index contributed by atoms with van der Waals surface area (Å²) in [4.78, 5) is 11.4. The minimum absolute atomic E-state index is 0.134. The Morgan fingerprint density at radius 1 is 1.00 bits per heavy atom. The topological polar surface area (TPSA) is 77.8 Å².